The molecule has 29 heavy (non-hydrogen) atoms. The minimum atomic E-state index is -0.361. The summed E-state index contributed by atoms with van der Waals surface area (Å²) in [5.74, 6) is -0.127. The van der Waals surface area contributed by atoms with Gasteiger partial charge in [0.25, 0.3) is 0 Å². The second-order valence-electron chi connectivity index (χ2n) is 6.53. The van der Waals surface area contributed by atoms with Gasteiger partial charge in [-0.2, -0.15) is 0 Å². The summed E-state index contributed by atoms with van der Waals surface area (Å²) in [6.45, 7) is 4.20. The van der Waals surface area contributed by atoms with Crippen LogP contribution in [-0.4, -0.2) is 49.7 Å². The Bertz CT molecular complexity index is 849. The Balaban J connectivity index is 1.99. The van der Waals surface area contributed by atoms with Crippen molar-refractivity contribution >= 4 is 29.2 Å². The Morgan fingerprint density at radius 3 is 2.59 bits per heavy atom. The fourth-order valence-corrected chi connectivity index (χ4v) is 2.60. The molecule has 156 valence electrons. The topological polar surface area (TPSA) is 114 Å². The van der Waals surface area contributed by atoms with Crippen LogP contribution in [0.15, 0.2) is 34.9 Å². The van der Waals surface area contributed by atoms with Crippen molar-refractivity contribution in [1.29, 1.82) is 0 Å². The Labute approximate surface area is 169 Å². The molecule has 1 aromatic carbocycles. The predicted octanol–water partition coefficient (Wildman–Crippen LogP) is 1.81. The third kappa shape index (κ3) is 7.38. The van der Waals surface area contributed by atoms with E-state index in [1.165, 1.54) is 4.90 Å². The van der Waals surface area contributed by atoms with Crippen molar-refractivity contribution in [1.82, 2.24) is 10.5 Å². The summed E-state index contributed by atoms with van der Waals surface area (Å²) >= 11 is 0. The summed E-state index contributed by atoms with van der Waals surface area (Å²) in [6, 6.07) is 8.87. The summed E-state index contributed by atoms with van der Waals surface area (Å²) in [7, 11) is 1.54. The zero-order valence-electron chi connectivity index (χ0n) is 16.9. The number of carbonyl (C=O) groups excluding carboxylic acids is 3. The van der Waals surface area contributed by atoms with Gasteiger partial charge in [-0.1, -0.05) is 17.3 Å². The van der Waals surface area contributed by atoms with Gasteiger partial charge in [-0.15, -0.1) is 0 Å². The molecule has 0 fully saturated rings. The molecule has 1 heterocycles. The number of aromatic nitrogens is 1. The molecular formula is C20H26N4O5. The van der Waals surface area contributed by atoms with Crippen LogP contribution in [-0.2, 0) is 19.1 Å². The molecular weight excluding hydrogens is 376 g/mol. The number of hydrogen-bond donors (Lipinski definition) is 2. The number of amides is 3. The number of carbonyl (C=O) groups is 3. The van der Waals surface area contributed by atoms with E-state index in [2.05, 4.69) is 15.8 Å². The first-order chi connectivity index (χ1) is 13.9. The van der Waals surface area contributed by atoms with Crippen molar-refractivity contribution in [2.45, 2.75) is 26.7 Å². The molecule has 1 aromatic heterocycles. The number of benzene rings is 1. The molecule has 0 bridgehead atoms. The molecule has 9 heteroatoms. The third-order valence-corrected chi connectivity index (χ3v) is 4.01. The summed E-state index contributed by atoms with van der Waals surface area (Å²) in [5, 5.41) is 8.96. The number of nitrogens with zero attached hydrogens (tertiary/aromatic N) is 2. The molecule has 0 aliphatic heterocycles. The van der Waals surface area contributed by atoms with Crippen molar-refractivity contribution < 1.29 is 23.6 Å². The SMILES string of the molecule is COCCNC(=O)CN(C(=O)CCC(=O)Nc1cc(C)on1)c1cccc(C)c1. The van der Waals surface area contributed by atoms with Crippen molar-refractivity contribution in [3.05, 3.63) is 41.7 Å². The predicted molar refractivity (Wildman–Crippen MR) is 108 cm³/mol. The first kappa shape index (κ1) is 22.1. The van der Waals surface area contributed by atoms with Gasteiger partial charge in [-0.25, -0.2) is 0 Å². The molecule has 0 aliphatic carbocycles. The molecule has 0 spiro atoms. The number of anilines is 2. The van der Waals surface area contributed by atoms with Gasteiger partial charge in [-0.05, 0) is 31.5 Å². The van der Waals surface area contributed by atoms with E-state index in [0.29, 0.717) is 30.4 Å². The third-order valence-electron chi connectivity index (χ3n) is 4.01. The molecule has 2 aromatic rings. The zero-order chi connectivity index (χ0) is 21.2. The lowest BCUT2D eigenvalue weighted by atomic mass is 10.2. The molecule has 0 radical (unpaired) electrons. The Morgan fingerprint density at radius 1 is 1.14 bits per heavy atom. The number of methoxy groups -OCH3 is 1. The highest BCUT2D eigenvalue weighted by Gasteiger charge is 2.20. The van der Waals surface area contributed by atoms with E-state index in [4.69, 9.17) is 9.26 Å². The minimum Gasteiger partial charge on any atom is -0.383 e. The maximum Gasteiger partial charge on any atom is 0.240 e. The van der Waals surface area contributed by atoms with Crippen LogP contribution in [0.3, 0.4) is 0 Å². The highest BCUT2D eigenvalue weighted by molar-refractivity contribution is 6.01. The molecule has 0 saturated heterocycles. The standard InChI is InChI=1S/C20H26N4O5/c1-14-5-4-6-16(11-14)24(13-19(26)21-9-10-28-3)20(27)8-7-18(25)22-17-12-15(2)29-23-17/h4-6,11-12H,7-10,13H2,1-3H3,(H,21,26)(H,22,23,25). The normalized spacial score (nSPS) is 10.4. The summed E-state index contributed by atoms with van der Waals surface area (Å²) in [5.41, 5.74) is 1.56. The Morgan fingerprint density at radius 2 is 1.93 bits per heavy atom. The van der Waals surface area contributed by atoms with Gasteiger partial charge >= 0.3 is 0 Å². The van der Waals surface area contributed by atoms with E-state index < -0.39 is 0 Å². The van der Waals surface area contributed by atoms with Crippen LogP contribution in [0, 0.1) is 13.8 Å². The maximum atomic E-state index is 12.8. The lowest BCUT2D eigenvalue weighted by Gasteiger charge is -2.23. The van der Waals surface area contributed by atoms with E-state index in [-0.39, 0.29) is 37.1 Å². The lowest BCUT2D eigenvalue weighted by molar-refractivity contribution is -0.125. The molecule has 9 nitrogen and oxygen atoms in total. The van der Waals surface area contributed by atoms with E-state index in [0.717, 1.165) is 5.56 Å². The zero-order valence-corrected chi connectivity index (χ0v) is 16.9. The second kappa shape index (κ2) is 11.0. The van der Waals surface area contributed by atoms with Gasteiger partial charge < -0.3 is 24.8 Å². The molecule has 0 atom stereocenters. The monoisotopic (exact) mass is 402 g/mol. The van der Waals surface area contributed by atoms with Crippen molar-refractivity contribution in [3.8, 4) is 0 Å². The van der Waals surface area contributed by atoms with Gasteiger partial charge in [0.2, 0.25) is 17.7 Å². The van der Waals surface area contributed by atoms with Gasteiger partial charge in [0.05, 0.1) is 6.61 Å². The minimum absolute atomic E-state index is 0.0433. The first-order valence-corrected chi connectivity index (χ1v) is 9.25. The van der Waals surface area contributed by atoms with E-state index in [1.807, 2.05) is 25.1 Å². The van der Waals surface area contributed by atoms with E-state index in [1.54, 1.807) is 26.2 Å². The van der Waals surface area contributed by atoms with Crippen LogP contribution in [0.1, 0.15) is 24.2 Å². The lowest BCUT2D eigenvalue weighted by Crippen LogP contribution is -2.42. The first-order valence-electron chi connectivity index (χ1n) is 9.25. The van der Waals surface area contributed by atoms with Crippen LogP contribution in [0.2, 0.25) is 0 Å². The van der Waals surface area contributed by atoms with Crippen molar-refractivity contribution in [2.24, 2.45) is 0 Å². The fraction of sp³-hybridized carbons (Fsp3) is 0.400. The number of hydrogen-bond acceptors (Lipinski definition) is 6. The molecule has 0 unspecified atom stereocenters. The maximum absolute atomic E-state index is 12.8. The van der Waals surface area contributed by atoms with E-state index in [9.17, 15) is 14.4 Å². The quantitative estimate of drug-likeness (QED) is 0.586. The van der Waals surface area contributed by atoms with Crippen LogP contribution in [0.25, 0.3) is 0 Å². The van der Waals surface area contributed by atoms with Crippen LogP contribution in [0.4, 0.5) is 11.5 Å². The molecule has 0 saturated carbocycles. The second-order valence-corrected chi connectivity index (χ2v) is 6.53. The number of aryl methyl sites for hydroxylation is 2. The smallest absolute Gasteiger partial charge is 0.240 e. The summed E-state index contributed by atoms with van der Waals surface area (Å²) in [4.78, 5) is 38.5. The number of nitrogens with one attached hydrogen (secondary N) is 2. The van der Waals surface area contributed by atoms with Gasteiger partial charge in [0.1, 0.15) is 12.3 Å². The van der Waals surface area contributed by atoms with Crippen molar-refractivity contribution in [2.75, 3.05) is 37.0 Å². The van der Waals surface area contributed by atoms with Crippen LogP contribution in [0.5, 0.6) is 0 Å². The van der Waals surface area contributed by atoms with Crippen LogP contribution < -0.4 is 15.5 Å². The largest absolute Gasteiger partial charge is 0.383 e. The molecule has 3 amide bonds. The molecule has 0 aliphatic rings. The Kier molecular flexibility index (Phi) is 8.35. The highest BCUT2D eigenvalue weighted by Crippen LogP contribution is 2.17. The average molecular weight is 402 g/mol. The average Bonchev–Trinajstić information content (AvgIpc) is 3.09. The highest BCUT2D eigenvalue weighted by atomic mass is 16.5. The molecule has 2 N–H and O–H groups in total. The number of ether oxygens (including phenoxy) is 1. The Hall–Kier alpha value is -3.20. The number of rotatable bonds is 10. The van der Waals surface area contributed by atoms with Crippen LogP contribution >= 0.6 is 0 Å². The van der Waals surface area contributed by atoms with Gasteiger partial charge in [0, 0.05) is 38.2 Å². The fourth-order valence-electron chi connectivity index (χ4n) is 2.60. The molecule has 2 rings (SSSR count). The van der Waals surface area contributed by atoms with E-state index >= 15 is 0 Å². The van der Waals surface area contributed by atoms with Gasteiger partial charge in [-0.3, -0.25) is 14.4 Å². The van der Waals surface area contributed by atoms with Gasteiger partial charge in [0.15, 0.2) is 5.82 Å². The van der Waals surface area contributed by atoms with Crippen molar-refractivity contribution in [3.63, 3.8) is 0 Å². The summed E-state index contributed by atoms with van der Waals surface area (Å²) in [6.07, 6.45) is -0.0969. The summed E-state index contributed by atoms with van der Waals surface area (Å²) < 4.78 is 9.80.